The summed E-state index contributed by atoms with van der Waals surface area (Å²) in [5.41, 5.74) is 1.16. The maximum atomic E-state index is 5.97. The molecule has 1 aromatic carbocycles. The summed E-state index contributed by atoms with van der Waals surface area (Å²) in [7, 11) is 1.78. The number of aliphatic imine (C=N–C) groups is 1. The molecule has 29 heavy (non-hydrogen) atoms. The third-order valence-electron chi connectivity index (χ3n) is 5.41. The number of hydrogen-bond donors (Lipinski definition) is 1. The molecule has 0 bridgehead atoms. The van der Waals surface area contributed by atoms with E-state index in [4.69, 9.17) is 19.2 Å². The third kappa shape index (κ3) is 7.17. The molecule has 2 aliphatic rings. The summed E-state index contributed by atoms with van der Waals surface area (Å²) in [6, 6.07) is 8.28. The lowest BCUT2D eigenvalue weighted by Gasteiger charge is -2.26. The van der Waals surface area contributed by atoms with E-state index in [-0.39, 0.29) is 0 Å². The summed E-state index contributed by atoms with van der Waals surface area (Å²) in [5, 5.41) is 3.43. The first kappa shape index (κ1) is 21.9. The van der Waals surface area contributed by atoms with Crippen LogP contribution in [0.3, 0.4) is 0 Å². The Labute approximate surface area is 175 Å². The second-order valence-corrected chi connectivity index (χ2v) is 7.68. The molecule has 1 unspecified atom stereocenters. The quantitative estimate of drug-likeness (QED) is 0.501. The van der Waals surface area contributed by atoms with Crippen molar-refractivity contribution in [1.82, 2.24) is 15.1 Å². The van der Waals surface area contributed by atoms with Gasteiger partial charge in [0, 0.05) is 52.3 Å². The second-order valence-electron chi connectivity index (χ2n) is 7.68. The van der Waals surface area contributed by atoms with E-state index in [1.54, 1.807) is 7.11 Å². The number of guanidine groups is 1. The summed E-state index contributed by atoms with van der Waals surface area (Å²) in [4.78, 5) is 9.59. The molecule has 3 rings (SSSR count). The molecule has 1 aromatic rings. The largest absolute Gasteiger partial charge is 0.492 e. The van der Waals surface area contributed by atoms with Gasteiger partial charge in [0.2, 0.25) is 0 Å². The summed E-state index contributed by atoms with van der Waals surface area (Å²) in [6.07, 6.45) is 1.16. The van der Waals surface area contributed by atoms with E-state index in [1.807, 2.05) is 12.1 Å². The first-order chi connectivity index (χ1) is 14.3. The minimum Gasteiger partial charge on any atom is -0.492 e. The van der Waals surface area contributed by atoms with E-state index < -0.39 is 0 Å². The summed E-state index contributed by atoms with van der Waals surface area (Å²) >= 11 is 0. The van der Waals surface area contributed by atoms with Crippen LogP contribution in [0.4, 0.5) is 0 Å². The van der Waals surface area contributed by atoms with Crippen molar-refractivity contribution in [3.05, 3.63) is 29.8 Å². The SMILES string of the molecule is CCNC(=NCc1cccc(OCCN2CCOCC2)c1)N1CCC(COC)C1. The maximum absolute atomic E-state index is 5.97. The van der Waals surface area contributed by atoms with Gasteiger partial charge in [0.05, 0.1) is 26.4 Å². The van der Waals surface area contributed by atoms with Gasteiger partial charge in [0.1, 0.15) is 12.4 Å². The zero-order valence-electron chi connectivity index (χ0n) is 17.9. The molecule has 7 nitrogen and oxygen atoms in total. The Morgan fingerprint density at radius 2 is 2.14 bits per heavy atom. The van der Waals surface area contributed by atoms with Crippen molar-refractivity contribution in [3.63, 3.8) is 0 Å². The molecule has 7 heteroatoms. The Kier molecular flexibility index (Phi) is 9.05. The highest BCUT2D eigenvalue weighted by Crippen LogP contribution is 2.18. The van der Waals surface area contributed by atoms with E-state index in [0.29, 0.717) is 19.1 Å². The van der Waals surface area contributed by atoms with Crippen LogP contribution in [0, 0.1) is 5.92 Å². The van der Waals surface area contributed by atoms with Crippen LogP contribution in [-0.4, -0.2) is 88.6 Å². The highest BCUT2D eigenvalue weighted by molar-refractivity contribution is 5.80. The number of likely N-dealkylation sites (tertiary alicyclic amines) is 1. The predicted molar refractivity (Wildman–Crippen MR) is 116 cm³/mol. The van der Waals surface area contributed by atoms with E-state index >= 15 is 0 Å². The van der Waals surface area contributed by atoms with Gasteiger partial charge in [-0.25, -0.2) is 4.99 Å². The van der Waals surface area contributed by atoms with E-state index in [0.717, 1.165) is 82.8 Å². The molecule has 0 radical (unpaired) electrons. The van der Waals surface area contributed by atoms with Crippen molar-refractivity contribution in [2.45, 2.75) is 19.9 Å². The van der Waals surface area contributed by atoms with Crippen molar-refractivity contribution in [2.75, 3.05) is 72.8 Å². The normalized spacial score (nSPS) is 20.8. The van der Waals surface area contributed by atoms with Gasteiger partial charge in [-0.05, 0) is 31.0 Å². The van der Waals surface area contributed by atoms with Crippen LogP contribution in [0.5, 0.6) is 5.75 Å². The number of benzene rings is 1. The molecular formula is C22H36N4O3. The molecule has 2 saturated heterocycles. The smallest absolute Gasteiger partial charge is 0.194 e. The fourth-order valence-corrected chi connectivity index (χ4v) is 3.84. The van der Waals surface area contributed by atoms with Crippen LogP contribution in [0.25, 0.3) is 0 Å². The molecule has 1 atom stereocenters. The lowest BCUT2D eigenvalue weighted by Crippen LogP contribution is -2.40. The Balaban J connectivity index is 1.50. The average Bonchev–Trinajstić information content (AvgIpc) is 3.21. The average molecular weight is 405 g/mol. The minimum atomic E-state index is 0.590. The summed E-state index contributed by atoms with van der Waals surface area (Å²) in [5.74, 6) is 2.49. The Morgan fingerprint density at radius 1 is 1.28 bits per heavy atom. The summed E-state index contributed by atoms with van der Waals surface area (Å²) in [6.45, 7) is 11.8. The molecule has 0 spiro atoms. The Morgan fingerprint density at radius 3 is 2.93 bits per heavy atom. The van der Waals surface area contributed by atoms with Crippen molar-refractivity contribution in [3.8, 4) is 5.75 Å². The Bertz CT molecular complexity index is 634. The van der Waals surface area contributed by atoms with Crippen LogP contribution in [-0.2, 0) is 16.0 Å². The van der Waals surface area contributed by atoms with Crippen LogP contribution in [0.2, 0.25) is 0 Å². The standard InChI is InChI=1S/C22H36N4O3/c1-3-23-22(26-8-7-20(17-26)18-27-2)24-16-19-5-4-6-21(15-19)29-14-11-25-9-12-28-13-10-25/h4-6,15,20H,3,7-14,16-18H2,1-2H3,(H,23,24). The highest BCUT2D eigenvalue weighted by atomic mass is 16.5. The Hall–Kier alpha value is -1.83. The molecule has 2 fully saturated rings. The molecular weight excluding hydrogens is 368 g/mol. The zero-order valence-corrected chi connectivity index (χ0v) is 17.9. The van der Waals surface area contributed by atoms with Crippen molar-refractivity contribution < 1.29 is 14.2 Å². The lowest BCUT2D eigenvalue weighted by atomic mass is 10.1. The number of rotatable bonds is 9. The maximum Gasteiger partial charge on any atom is 0.194 e. The first-order valence-corrected chi connectivity index (χ1v) is 10.8. The van der Waals surface area contributed by atoms with Gasteiger partial charge >= 0.3 is 0 Å². The lowest BCUT2D eigenvalue weighted by molar-refractivity contribution is 0.0322. The number of nitrogens with zero attached hydrogens (tertiary/aromatic N) is 3. The van der Waals surface area contributed by atoms with Gasteiger partial charge in [-0.1, -0.05) is 12.1 Å². The van der Waals surface area contributed by atoms with E-state index in [1.165, 1.54) is 0 Å². The van der Waals surface area contributed by atoms with Crippen LogP contribution < -0.4 is 10.1 Å². The second kappa shape index (κ2) is 12.0. The molecule has 2 aliphatic heterocycles. The molecule has 0 aromatic heterocycles. The van der Waals surface area contributed by atoms with Gasteiger partial charge in [0.15, 0.2) is 5.96 Å². The third-order valence-corrected chi connectivity index (χ3v) is 5.41. The van der Waals surface area contributed by atoms with Gasteiger partial charge in [-0.15, -0.1) is 0 Å². The first-order valence-electron chi connectivity index (χ1n) is 10.8. The molecule has 0 saturated carbocycles. The number of hydrogen-bond acceptors (Lipinski definition) is 5. The van der Waals surface area contributed by atoms with Crippen molar-refractivity contribution in [2.24, 2.45) is 10.9 Å². The summed E-state index contributed by atoms with van der Waals surface area (Å²) < 4.78 is 16.7. The monoisotopic (exact) mass is 404 g/mol. The number of nitrogens with one attached hydrogen (secondary N) is 1. The number of methoxy groups -OCH3 is 1. The van der Waals surface area contributed by atoms with Gasteiger partial charge in [0.25, 0.3) is 0 Å². The van der Waals surface area contributed by atoms with E-state index in [2.05, 4.69) is 34.2 Å². The molecule has 162 valence electrons. The molecule has 2 heterocycles. The number of morpholine rings is 1. The molecule has 0 aliphatic carbocycles. The van der Waals surface area contributed by atoms with Crippen LogP contribution in [0.15, 0.2) is 29.3 Å². The molecule has 1 N–H and O–H groups in total. The van der Waals surface area contributed by atoms with Gasteiger partial charge < -0.3 is 24.4 Å². The molecule has 0 amide bonds. The minimum absolute atomic E-state index is 0.590. The fourth-order valence-electron chi connectivity index (χ4n) is 3.84. The predicted octanol–water partition coefficient (Wildman–Crippen LogP) is 1.83. The van der Waals surface area contributed by atoms with Crippen LogP contribution in [0.1, 0.15) is 18.9 Å². The van der Waals surface area contributed by atoms with Crippen molar-refractivity contribution in [1.29, 1.82) is 0 Å². The highest BCUT2D eigenvalue weighted by Gasteiger charge is 2.24. The van der Waals surface area contributed by atoms with Crippen molar-refractivity contribution >= 4 is 5.96 Å². The topological polar surface area (TPSA) is 58.6 Å². The van der Waals surface area contributed by atoms with Gasteiger partial charge in [-0.3, -0.25) is 4.90 Å². The zero-order chi connectivity index (χ0) is 20.3. The van der Waals surface area contributed by atoms with Crippen LogP contribution >= 0.6 is 0 Å². The van der Waals surface area contributed by atoms with E-state index in [9.17, 15) is 0 Å². The van der Waals surface area contributed by atoms with Gasteiger partial charge in [-0.2, -0.15) is 0 Å². The number of ether oxygens (including phenoxy) is 3. The fraction of sp³-hybridized carbons (Fsp3) is 0.682.